The number of carboxylic acid groups (broad SMARTS) is 1. The normalized spacial score (nSPS) is 10.6. The monoisotopic (exact) mass is 556 g/mol. The summed E-state index contributed by atoms with van der Waals surface area (Å²) >= 11 is 0. The zero-order chi connectivity index (χ0) is 28.5. The first-order chi connectivity index (χ1) is 18.5. The Morgan fingerprint density at radius 1 is 0.805 bits per heavy atom. The molecule has 0 saturated heterocycles. The Balaban J connectivity index is 0.000000395. The molecule has 0 aliphatic heterocycles. The van der Waals surface area contributed by atoms with Crippen LogP contribution < -0.4 is 18.9 Å². The summed E-state index contributed by atoms with van der Waals surface area (Å²) in [6.07, 6.45) is 7.72. The Labute approximate surface area is 247 Å². The second kappa shape index (κ2) is 15.8. The van der Waals surface area contributed by atoms with Crippen molar-refractivity contribution in [3.05, 3.63) is 72.3 Å². The fourth-order valence-electron chi connectivity index (χ4n) is 3.29. The summed E-state index contributed by atoms with van der Waals surface area (Å²) in [5, 5.41) is 35.9. The van der Waals surface area contributed by atoms with Crippen molar-refractivity contribution in [1.82, 2.24) is 29.5 Å². The van der Waals surface area contributed by atoms with Gasteiger partial charge in [-0.25, -0.2) is 28.9 Å². The quantitative estimate of drug-likeness (QED) is 0.165. The van der Waals surface area contributed by atoms with E-state index in [4.69, 9.17) is 9.84 Å². The molecule has 210 valence electrons. The first kappa shape index (κ1) is 34.3. The molecule has 2 aromatic carbocycles. The molecule has 14 heteroatoms. The Morgan fingerprint density at radius 3 is 1.63 bits per heavy atom. The molecular formula is C27H29LiN6O7. The number of carbonyl (C=O) groups is 2. The first-order valence-corrected chi connectivity index (χ1v) is 11.7. The van der Waals surface area contributed by atoms with Crippen LogP contribution in [-0.2, 0) is 14.3 Å². The molecule has 0 atom stereocenters. The number of ether oxygens (including phenoxy) is 1. The number of aromatic hydroxyl groups is 2. The Morgan fingerprint density at radius 2 is 1.24 bits per heavy atom. The zero-order valence-electron chi connectivity index (χ0n) is 23.2. The van der Waals surface area contributed by atoms with Gasteiger partial charge in [-0.3, -0.25) is 0 Å². The number of carbonyl (C=O) groups excluding carboxylic acids is 1. The largest absolute Gasteiger partial charge is 1.00 e. The van der Waals surface area contributed by atoms with E-state index in [9.17, 15) is 19.8 Å². The van der Waals surface area contributed by atoms with E-state index in [2.05, 4.69) is 20.2 Å². The minimum absolute atomic E-state index is 0. The molecule has 0 saturated carbocycles. The SMILES string of the molecule is Cc1cc(O)cc(-c2ncn(/C=C\C(=O)O)n2)c1.Cc1cc(O)cc(-c2ncn(/C=C\C(=O)OC(C)C)n2)c1.[Li+].[OH-]. The number of rotatable bonds is 7. The van der Waals surface area contributed by atoms with Crippen molar-refractivity contribution in [1.29, 1.82) is 0 Å². The van der Waals surface area contributed by atoms with Gasteiger partial charge in [-0.1, -0.05) is 0 Å². The molecule has 2 heterocycles. The summed E-state index contributed by atoms with van der Waals surface area (Å²) in [6.45, 7) is 7.29. The topological polar surface area (TPSA) is 195 Å². The molecule has 4 N–H and O–H groups in total. The van der Waals surface area contributed by atoms with Crippen molar-refractivity contribution in [3.8, 4) is 34.3 Å². The molecule has 0 unspecified atom stereocenters. The summed E-state index contributed by atoms with van der Waals surface area (Å²) in [7, 11) is 0. The third-order valence-corrected chi connectivity index (χ3v) is 4.74. The summed E-state index contributed by atoms with van der Waals surface area (Å²) in [6, 6.07) is 10.1. The molecule has 0 radical (unpaired) electrons. The Bertz CT molecular complexity index is 1490. The molecule has 13 nitrogen and oxygen atoms in total. The van der Waals surface area contributed by atoms with Gasteiger partial charge in [0.15, 0.2) is 11.6 Å². The third-order valence-electron chi connectivity index (χ3n) is 4.74. The van der Waals surface area contributed by atoms with Gasteiger partial charge in [0.25, 0.3) is 0 Å². The third kappa shape index (κ3) is 11.1. The van der Waals surface area contributed by atoms with E-state index in [1.807, 2.05) is 26.0 Å². The summed E-state index contributed by atoms with van der Waals surface area (Å²) < 4.78 is 7.68. The van der Waals surface area contributed by atoms with Crippen molar-refractivity contribution >= 4 is 24.3 Å². The van der Waals surface area contributed by atoms with E-state index in [0.29, 0.717) is 22.8 Å². The summed E-state index contributed by atoms with van der Waals surface area (Å²) in [4.78, 5) is 29.9. The van der Waals surface area contributed by atoms with Crippen LogP contribution in [0.3, 0.4) is 0 Å². The number of carboxylic acids is 1. The van der Waals surface area contributed by atoms with Crippen LogP contribution in [0.4, 0.5) is 0 Å². The number of esters is 1. The molecule has 0 amide bonds. The minimum Gasteiger partial charge on any atom is -0.870 e. The first-order valence-electron chi connectivity index (χ1n) is 11.7. The smallest absolute Gasteiger partial charge is 0.870 e. The van der Waals surface area contributed by atoms with Gasteiger partial charge >= 0.3 is 30.8 Å². The van der Waals surface area contributed by atoms with Crippen LogP contribution in [0, 0.1) is 13.8 Å². The average Bonchev–Trinajstić information content (AvgIpc) is 3.50. The number of aromatic nitrogens is 6. The molecule has 0 bridgehead atoms. The van der Waals surface area contributed by atoms with Crippen molar-refractivity contribution < 1.29 is 54.0 Å². The Kier molecular flexibility index (Phi) is 13.2. The summed E-state index contributed by atoms with van der Waals surface area (Å²) in [5.41, 5.74) is 3.19. The second-order valence-electron chi connectivity index (χ2n) is 8.67. The molecule has 0 fully saturated rings. The second-order valence-corrected chi connectivity index (χ2v) is 8.67. The van der Waals surface area contributed by atoms with E-state index in [-0.39, 0.29) is 41.9 Å². The van der Waals surface area contributed by atoms with Gasteiger partial charge in [-0.15, -0.1) is 10.2 Å². The van der Waals surface area contributed by atoms with Crippen molar-refractivity contribution in [3.63, 3.8) is 0 Å². The molecule has 0 aliphatic rings. The van der Waals surface area contributed by atoms with Crippen LogP contribution in [0.25, 0.3) is 35.2 Å². The fraction of sp³-hybridized carbons (Fsp3) is 0.185. The predicted molar refractivity (Wildman–Crippen MR) is 145 cm³/mol. The number of hydrogen-bond donors (Lipinski definition) is 3. The zero-order valence-corrected chi connectivity index (χ0v) is 23.2. The number of phenols is 2. The van der Waals surface area contributed by atoms with E-state index >= 15 is 0 Å². The molecular weight excluding hydrogens is 527 g/mol. The van der Waals surface area contributed by atoms with E-state index in [0.717, 1.165) is 17.2 Å². The molecule has 2 aromatic heterocycles. The van der Waals surface area contributed by atoms with Gasteiger partial charge < -0.3 is 25.5 Å². The standard InChI is InChI=1S/C15H17N3O3.C12H11N3O3.Li.H2O/c1-10(2)21-14(20)4-5-18-9-16-15(17-18)12-6-11(3)7-13(19)8-12;1-8-4-9(6-10(16)5-8)12-13-7-15(14-12)3-2-11(17)18;;/h4-10,19H,1-3H3;2-7,16H,1H3,(H,17,18);;1H2/q;;+1;/p-1/b5-4-;3-2-;;. The van der Waals surface area contributed by atoms with Crippen LogP contribution >= 0.6 is 0 Å². The number of benzene rings is 2. The van der Waals surface area contributed by atoms with Gasteiger partial charge in [-0.2, -0.15) is 0 Å². The van der Waals surface area contributed by atoms with E-state index in [1.165, 1.54) is 40.5 Å². The van der Waals surface area contributed by atoms with E-state index in [1.54, 1.807) is 38.1 Å². The van der Waals surface area contributed by atoms with Crippen LogP contribution in [0.15, 0.2) is 61.2 Å². The van der Waals surface area contributed by atoms with Crippen molar-refractivity contribution in [2.75, 3.05) is 0 Å². The minimum atomic E-state index is -1.06. The Hall–Kier alpha value is -4.70. The number of hydrogen-bond acceptors (Lipinski definition) is 10. The van der Waals surface area contributed by atoms with Crippen molar-refractivity contribution in [2.24, 2.45) is 0 Å². The van der Waals surface area contributed by atoms with Gasteiger partial charge in [-0.05, 0) is 75.2 Å². The maximum Gasteiger partial charge on any atom is 1.00 e. The van der Waals surface area contributed by atoms with Gasteiger partial charge in [0.2, 0.25) is 0 Å². The summed E-state index contributed by atoms with van der Waals surface area (Å²) in [5.74, 6) is -0.296. The van der Waals surface area contributed by atoms with Gasteiger partial charge in [0.1, 0.15) is 24.2 Å². The molecule has 41 heavy (non-hydrogen) atoms. The number of aryl methyl sites for hydroxylation is 2. The van der Waals surface area contributed by atoms with Crippen LogP contribution in [0.1, 0.15) is 25.0 Å². The predicted octanol–water partition coefficient (Wildman–Crippen LogP) is 0.723. The average molecular weight is 557 g/mol. The van der Waals surface area contributed by atoms with Crippen molar-refractivity contribution in [2.45, 2.75) is 33.8 Å². The van der Waals surface area contributed by atoms with Gasteiger partial charge in [0.05, 0.1) is 6.10 Å². The number of aliphatic carboxylic acids is 1. The molecule has 4 aromatic rings. The van der Waals surface area contributed by atoms with Crippen LogP contribution in [-0.4, -0.2) is 68.4 Å². The maximum atomic E-state index is 11.4. The molecule has 0 spiro atoms. The molecule has 0 aliphatic carbocycles. The number of nitrogens with zero attached hydrogens (tertiary/aromatic N) is 6. The number of phenolic OH excluding ortho intramolecular Hbond substituents is 2. The van der Waals surface area contributed by atoms with Crippen LogP contribution in [0.5, 0.6) is 11.5 Å². The van der Waals surface area contributed by atoms with Gasteiger partial charge in [0, 0.05) is 35.7 Å². The maximum absolute atomic E-state index is 11.4. The molecule has 4 rings (SSSR count). The fourth-order valence-corrected chi connectivity index (χ4v) is 3.29. The van der Waals surface area contributed by atoms with Crippen LogP contribution in [0.2, 0.25) is 0 Å². The van der Waals surface area contributed by atoms with E-state index < -0.39 is 11.9 Å².